The number of unbranched alkanes of at least 4 members (excludes halogenated alkanes) is 7. The number of imide groups is 1. The van der Waals surface area contributed by atoms with Crippen LogP contribution in [0.2, 0.25) is 5.02 Å². The molecule has 0 radical (unpaired) electrons. The number of hydrogen-bond donors (Lipinski definition) is 4. The largest absolute Gasteiger partial charge is 0.455 e. The third-order valence-corrected chi connectivity index (χ3v) is 20.0. The highest BCUT2D eigenvalue weighted by molar-refractivity contribution is 7.90. The zero-order valence-corrected chi connectivity index (χ0v) is 52.9. The average molecular weight is 1260 g/mol. The number of amides is 4. The van der Waals surface area contributed by atoms with Gasteiger partial charge in [0.25, 0.3) is 27.5 Å². The molecule has 0 spiro atoms. The molecule has 4 N–H and O–H groups in total. The van der Waals surface area contributed by atoms with Crippen LogP contribution in [0.4, 0.5) is 17.1 Å². The molecule has 5 aliphatic rings. The molecule has 90 heavy (non-hydrogen) atoms. The third kappa shape index (κ3) is 15.5. The van der Waals surface area contributed by atoms with E-state index in [9.17, 15) is 37.7 Å². The Morgan fingerprint density at radius 1 is 0.867 bits per heavy atom. The lowest BCUT2D eigenvalue weighted by Gasteiger charge is -2.39. The number of piperazine rings is 1. The fourth-order valence-corrected chi connectivity index (χ4v) is 14.3. The first kappa shape index (κ1) is 63.5. The molecule has 4 amide bonds. The number of likely N-dealkylation sites (tertiary alicyclic amines) is 1. The Hall–Kier alpha value is -8.09. The van der Waals surface area contributed by atoms with Crippen LogP contribution in [0.5, 0.6) is 11.5 Å². The van der Waals surface area contributed by atoms with Crippen LogP contribution in [0.25, 0.3) is 16.6 Å². The van der Waals surface area contributed by atoms with Crippen LogP contribution >= 0.6 is 11.6 Å². The highest BCUT2D eigenvalue weighted by Crippen LogP contribution is 2.44. The Labute approximate surface area is 531 Å². The summed E-state index contributed by atoms with van der Waals surface area (Å²) in [6.45, 7) is 12.3. The summed E-state index contributed by atoms with van der Waals surface area (Å²) in [7, 11) is -4.61. The number of nitrogens with one attached hydrogen (secondary N) is 4. The predicted molar refractivity (Wildman–Crippen MR) is 349 cm³/mol. The zero-order valence-electron chi connectivity index (χ0n) is 51.3. The van der Waals surface area contributed by atoms with Gasteiger partial charge in [-0.25, -0.2) is 18.1 Å². The normalized spacial score (nSPS) is 18.3. The summed E-state index contributed by atoms with van der Waals surface area (Å²) in [5, 5.41) is 19.6. The van der Waals surface area contributed by atoms with Crippen molar-refractivity contribution in [2.24, 2.45) is 11.3 Å². The molecule has 3 saturated heterocycles. The minimum Gasteiger partial charge on any atom is -0.455 e. The van der Waals surface area contributed by atoms with Crippen molar-refractivity contribution in [3.8, 4) is 23.3 Å². The topological polar surface area (TPSA) is 233 Å². The summed E-state index contributed by atoms with van der Waals surface area (Å²) in [6.07, 6.45) is 17.4. The third-order valence-electron chi connectivity index (χ3n) is 18.4. The van der Waals surface area contributed by atoms with Gasteiger partial charge >= 0.3 is 0 Å². The van der Waals surface area contributed by atoms with Gasteiger partial charge in [-0.05, 0) is 154 Å². The first-order chi connectivity index (χ1) is 43.4. The molecule has 1 atom stereocenters. The number of benzene rings is 4. The Morgan fingerprint density at radius 3 is 2.40 bits per heavy atom. The van der Waals surface area contributed by atoms with Gasteiger partial charge in [0.15, 0.2) is 0 Å². The van der Waals surface area contributed by atoms with Crippen molar-refractivity contribution in [3.63, 3.8) is 0 Å². The Morgan fingerprint density at radius 2 is 1.63 bits per heavy atom. The van der Waals surface area contributed by atoms with E-state index in [2.05, 4.69) is 77.8 Å². The van der Waals surface area contributed by atoms with Crippen molar-refractivity contribution in [3.05, 3.63) is 152 Å². The summed E-state index contributed by atoms with van der Waals surface area (Å²) in [5.74, 6) is 5.32. The second-order valence-corrected chi connectivity index (χ2v) is 27.5. The van der Waals surface area contributed by atoms with E-state index in [0.717, 1.165) is 144 Å². The fraction of sp³-hybridized carbons (Fsp3) is 0.435. The summed E-state index contributed by atoms with van der Waals surface area (Å²) >= 11 is 6.28. The molecule has 21 heteroatoms. The van der Waals surface area contributed by atoms with Gasteiger partial charge in [0.1, 0.15) is 28.9 Å². The van der Waals surface area contributed by atoms with Gasteiger partial charge in [-0.3, -0.25) is 39.5 Å². The molecular formula is C69H79ClN10O9S. The molecule has 6 aromatic rings. The van der Waals surface area contributed by atoms with Crippen molar-refractivity contribution < 1.29 is 37.3 Å². The van der Waals surface area contributed by atoms with E-state index >= 15 is 0 Å². The number of aromatic nitrogens is 2. The first-order valence-corrected chi connectivity index (χ1v) is 33.6. The molecule has 19 nitrogen and oxygen atoms in total. The lowest BCUT2D eigenvalue weighted by atomic mass is 9.72. The number of carbonyl (C=O) groups excluding carboxylic acids is 4. The molecular weight excluding hydrogens is 1180 g/mol. The molecule has 1 aliphatic carbocycles. The quantitative estimate of drug-likeness (QED) is 0.0154. The molecule has 3 fully saturated rings. The average Bonchev–Trinajstić information content (AvgIpc) is 1.59. The molecule has 0 bridgehead atoms. The van der Waals surface area contributed by atoms with Crippen molar-refractivity contribution in [2.75, 3.05) is 69.1 Å². The van der Waals surface area contributed by atoms with Crippen molar-refractivity contribution >= 4 is 78.9 Å². The summed E-state index contributed by atoms with van der Waals surface area (Å²) in [4.78, 5) is 79.4. The fourth-order valence-electron chi connectivity index (χ4n) is 13.2. The number of nitro benzene ring substituents is 1. The SMILES string of the molecule is CC1(C)CCC(CN2CCN(c3ccc(C(=O)NS(=O)(=O)c4ccc(NCC5CCN(CCCCCCCCCC#Cc6cccc7c6C(=O)N(C6CCC(=O)NC6=O)C7)CC5)c([N+](=O)[O-])c4)c(Oc4cnc5[nH]ccc5c4)c3)CC2)=C(c2ccc(Cl)cc2)C1. The molecule has 0 saturated carbocycles. The number of fused-ring (bicyclic) bond motifs is 2. The van der Waals surface area contributed by atoms with Crippen LogP contribution in [0.3, 0.4) is 0 Å². The smallest absolute Gasteiger partial charge is 0.293 e. The van der Waals surface area contributed by atoms with E-state index in [1.165, 1.54) is 41.5 Å². The van der Waals surface area contributed by atoms with Gasteiger partial charge in [0, 0.05) is 98.6 Å². The number of H-pyrrole nitrogens is 1. The second kappa shape index (κ2) is 28.4. The van der Waals surface area contributed by atoms with Gasteiger partial charge in [-0.15, -0.1) is 0 Å². The lowest BCUT2D eigenvalue weighted by molar-refractivity contribution is -0.384. The van der Waals surface area contributed by atoms with E-state index in [1.807, 2.05) is 36.4 Å². The number of nitrogens with zero attached hydrogens (tertiary/aromatic N) is 6. The number of carbonyl (C=O) groups is 4. The van der Waals surface area contributed by atoms with E-state index in [4.69, 9.17) is 16.3 Å². The Kier molecular flexibility index (Phi) is 20.0. The van der Waals surface area contributed by atoms with Crippen molar-refractivity contribution in [1.82, 2.24) is 34.7 Å². The lowest BCUT2D eigenvalue weighted by Crippen LogP contribution is -2.52. The highest BCUT2D eigenvalue weighted by Gasteiger charge is 2.40. The maximum Gasteiger partial charge on any atom is 0.293 e. The minimum absolute atomic E-state index is 0.0443. The number of sulfonamides is 1. The molecule has 4 aliphatic heterocycles. The molecule has 1 unspecified atom stereocenters. The minimum atomic E-state index is -4.61. The number of aromatic amines is 1. The summed E-state index contributed by atoms with van der Waals surface area (Å²) in [6, 6.07) is 25.5. The van der Waals surface area contributed by atoms with Crippen LogP contribution in [0.15, 0.2) is 114 Å². The summed E-state index contributed by atoms with van der Waals surface area (Å²) in [5.41, 5.74) is 7.60. The highest BCUT2D eigenvalue weighted by atomic mass is 35.5. The van der Waals surface area contributed by atoms with E-state index in [-0.39, 0.29) is 46.6 Å². The molecule has 4 aromatic carbocycles. The number of piperidine rings is 2. The molecule has 6 heterocycles. The number of anilines is 2. The van der Waals surface area contributed by atoms with Crippen LogP contribution in [-0.4, -0.2) is 127 Å². The van der Waals surface area contributed by atoms with Crippen molar-refractivity contribution in [1.29, 1.82) is 0 Å². The number of halogens is 1. The van der Waals surface area contributed by atoms with Gasteiger partial charge in [-0.1, -0.05) is 99.2 Å². The van der Waals surface area contributed by atoms with Gasteiger partial charge in [-0.2, -0.15) is 0 Å². The molecule has 11 rings (SSSR count). The van der Waals surface area contributed by atoms with E-state index in [0.29, 0.717) is 55.1 Å². The standard InChI is InChI=1S/C69H79ClN10O9S/c1-69(2)30-26-51(58(42-69)48-16-18-53(70)19-17-48)45-77-35-37-78(38-36-77)54-20-22-57(62(40-54)89-55-39-50-27-31-71-65(50)73-44-55)66(82)75-90(87,88)56-21-23-59(61(41-56)80(85)86)72-43-47-28-33-76(34-29-47)32-11-9-7-5-3-4-6-8-10-13-49-14-12-15-52-46-79(68(84)64(49)52)60-24-25-63(81)74-67(60)83/h12,14-23,27,31,39-41,44,47,60,72H,3-9,11,24-26,28-30,32-38,42-43,45-46H2,1-2H3,(H,71,73)(H,75,82)(H,74,81,83). The number of pyridine rings is 1. The number of allylic oxidation sites excluding steroid dienone is 1. The first-order valence-electron chi connectivity index (χ1n) is 31.7. The van der Waals surface area contributed by atoms with E-state index < -0.39 is 43.4 Å². The molecule has 472 valence electrons. The predicted octanol–water partition coefficient (Wildman–Crippen LogP) is 11.9. The van der Waals surface area contributed by atoms with E-state index in [1.54, 1.807) is 35.4 Å². The number of hydrogen-bond acceptors (Lipinski definition) is 14. The maximum atomic E-state index is 14.2. The zero-order chi connectivity index (χ0) is 62.9. The number of ether oxygens (including phenoxy) is 1. The van der Waals surface area contributed by atoms with Gasteiger partial charge < -0.3 is 29.7 Å². The number of nitro groups is 1. The molecule has 2 aromatic heterocycles. The monoisotopic (exact) mass is 1260 g/mol. The number of rotatable bonds is 23. The van der Waals surface area contributed by atoms with Gasteiger partial charge in [0.2, 0.25) is 11.8 Å². The van der Waals surface area contributed by atoms with Crippen molar-refractivity contribution in [2.45, 2.75) is 128 Å². The second-order valence-electron chi connectivity index (χ2n) is 25.4. The van der Waals surface area contributed by atoms with Crippen LogP contribution in [-0.2, 0) is 26.2 Å². The van der Waals surface area contributed by atoms with Crippen LogP contribution < -0.4 is 25.0 Å². The Balaban J connectivity index is 0.626. The maximum absolute atomic E-state index is 14.2. The van der Waals surface area contributed by atoms with Crippen LogP contribution in [0, 0.1) is 33.3 Å². The van der Waals surface area contributed by atoms with Gasteiger partial charge in [0.05, 0.1) is 27.1 Å². The summed E-state index contributed by atoms with van der Waals surface area (Å²) < 4.78 is 36.5. The van der Waals surface area contributed by atoms with Crippen LogP contribution in [0.1, 0.15) is 148 Å². The Bertz CT molecular complexity index is 3880.